The number of hydrogen-bond donors (Lipinski definition) is 1. The molecule has 104 valence electrons. The number of anilines is 1. The second kappa shape index (κ2) is 7.14. The summed E-state index contributed by atoms with van der Waals surface area (Å²) < 4.78 is 0. The highest BCUT2D eigenvalue weighted by Crippen LogP contribution is 2.23. The van der Waals surface area contributed by atoms with Crippen molar-refractivity contribution in [1.29, 1.82) is 0 Å². The normalized spacial score (nSPS) is 10.4. The van der Waals surface area contributed by atoms with E-state index in [1.54, 1.807) is 18.2 Å². The highest BCUT2D eigenvalue weighted by molar-refractivity contribution is 6.31. The highest BCUT2D eigenvalue weighted by atomic mass is 35.5. The molecule has 1 amide bonds. The number of benzene rings is 1. The van der Waals surface area contributed by atoms with Crippen molar-refractivity contribution in [2.45, 2.75) is 26.8 Å². The van der Waals surface area contributed by atoms with Crippen LogP contribution in [0.3, 0.4) is 0 Å². The van der Waals surface area contributed by atoms with E-state index < -0.39 is 0 Å². The van der Waals surface area contributed by atoms with Crippen molar-refractivity contribution < 1.29 is 9.59 Å². The van der Waals surface area contributed by atoms with Crippen LogP contribution in [0.4, 0.5) is 5.69 Å². The van der Waals surface area contributed by atoms with Crippen molar-refractivity contribution in [3.05, 3.63) is 28.8 Å². The minimum atomic E-state index is -0.0753. The molecule has 0 saturated carbocycles. The Morgan fingerprint density at radius 1 is 1.47 bits per heavy atom. The summed E-state index contributed by atoms with van der Waals surface area (Å²) in [6, 6.07) is 5.12. The van der Waals surface area contributed by atoms with Crippen molar-refractivity contribution in [3.8, 4) is 0 Å². The molecule has 1 aromatic rings. The van der Waals surface area contributed by atoms with E-state index >= 15 is 0 Å². The van der Waals surface area contributed by atoms with Gasteiger partial charge in [-0.05, 0) is 39.0 Å². The van der Waals surface area contributed by atoms with Gasteiger partial charge in [0.2, 0.25) is 5.91 Å². The van der Waals surface area contributed by atoms with Gasteiger partial charge in [-0.3, -0.25) is 9.59 Å². The maximum absolute atomic E-state index is 11.8. The van der Waals surface area contributed by atoms with Crippen LogP contribution < -0.4 is 10.2 Å². The molecule has 1 N–H and O–H groups in total. The largest absolute Gasteiger partial charge is 0.362 e. The lowest BCUT2D eigenvalue weighted by Gasteiger charge is -2.24. The van der Waals surface area contributed by atoms with Crippen LogP contribution in [0.5, 0.6) is 0 Å². The summed E-state index contributed by atoms with van der Waals surface area (Å²) in [7, 11) is 0. The molecule has 0 spiro atoms. The van der Waals surface area contributed by atoms with Gasteiger partial charge in [0.1, 0.15) is 0 Å². The van der Waals surface area contributed by atoms with E-state index in [1.165, 1.54) is 0 Å². The van der Waals surface area contributed by atoms with Crippen molar-refractivity contribution in [3.63, 3.8) is 0 Å². The minimum Gasteiger partial charge on any atom is -0.362 e. The predicted molar refractivity (Wildman–Crippen MR) is 78.0 cm³/mol. The second-order valence-electron chi connectivity index (χ2n) is 4.56. The average molecular weight is 283 g/mol. The number of carbonyl (C=O) groups excluding carboxylic acids is 2. The maximum Gasteiger partial charge on any atom is 0.239 e. The van der Waals surface area contributed by atoms with Gasteiger partial charge in [-0.2, -0.15) is 0 Å². The zero-order valence-corrected chi connectivity index (χ0v) is 12.2. The first-order chi connectivity index (χ1) is 8.97. The zero-order valence-electron chi connectivity index (χ0n) is 11.4. The number of carbonyl (C=O) groups is 2. The quantitative estimate of drug-likeness (QED) is 0.816. The van der Waals surface area contributed by atoms with Crippen molar-refractivity contribution in [2.75, 3.05) is 18.0 Å². The maximum atomic E-state index is 11.8. The summed E-state index contributed by atoms with van der Waals surface area (Å²) >= 11 is 5.95. The lowest BCUT2D eigenvalue weighted by Crippen LogP contribution is -2.40. The Balaban J connectivity index is 2.93. The standard InChI is InChI=1S/C14H19ClN2O2/c1-4-17(8-14(19)16-10(2)3)13-7-12(15)6-5-11(13)9-18/h5-7,9-10H,4,8H2,1-3H3,(H,16,19). The van der Waals surface area contributed by atoms with Crippen LogP contribution >= 0.6 is 11.6 Å². The molecule has 1 aromatic carbocycles. The third kappa shape index (κ3) is 4.56. The fourth-order valence-corrected chi connectivity index (χ4v) is 1.96. The first-order valence-electron chi connectivity index (χ1n) is 6.27. The molecule has 1 rings (SSSR count). The Labute approximate surface area is 118 Å². The van der Waals surface area contributed by atoms with E-state index in [0.717, 1.165) is 6.29 Å². The van der Waals surface area contributed by atoms with Gasteiger partial charge in [0.25, 0.3) is 0 Å². The Hall–Kier alpha value is -1.55. The number of halogens is 1. The molecule has 4 nitrogen and oxygen atoms in total. The molecule has 0 aromatic heterocycles. The number of nitrogens with one attached hydrogen (secondary N) is 1. The van der Waals surface area contributed by atoms with E-state index in [9.17, 15) is 9.59 Å². The van der Waals surface area contributed by atoms with Crippen LogP contribution in [0.25, 0.3) is 0 Å². The molecule has 0 atom stereocenters. The molecule has 19 heavy (non-hydrogen) atoms. The van der Waals surface area contributed by atoms with Crippen molar-refractivity contribution in [2.24, 2.45) is 0 Å². The molecule has 0 radical (unpaired) electrons. The summed E-state index contributed by atoms with van der Waals surface area (Å²) in [6.45, 7) is 6.57. The van der Waals surface area contributed by atoms with E-state index in [-0.39, 0.29) is 18.5 Å². The van der Waals surface area contributed by atoms with Crippen LogP contribution in [0, 0.1) is 0 Å². The molecule has 0 aliphatic rings. The average Bonchev–Trinajstić information content (AvgIpc) is 2.35. The fourth-order valence-electron chi connectivity index (χ4n) is 1.80. The first-order valence-corrected chi connectivity index (χ1v) is 6.64. The lowest BCUT2D eigenvalue weighted by molar-refractivity contribution is -0.120. The molecule has 0 saturated heterocycles. The van der Waals surface area contributed by atoms with Gasteiger partial charge in [0.15, 0.2) is 6.29 Å². The van der Waals surface area contributed by atoms with Crippen molar-refractivity contribution in [1.82, 2.24) is 5.32 Å². The van der Waals surface area contributed by atoms with Crippen LogP contribution in [-0.4, -0.2) is 31.3 Å². The predicted octanol–water partition coefficient (Wildman–Crippen LogP) is 2.50. The van der Waals surface area contributed by atoms with E-state index in [4.69, 9.17) is 11.6 Å². The Kier molecular flexibility index (Phi) is 5.83. The first kappa shape index (κ1) is 15.5. The number of nitrogens with zero attached hydrogens (tertiary/aromatic N) is 1. The topological polar surface area (TPSA) is 49.4 Å². The molecule has 0 heterocycles. The summed E-state index contributed by atoms with van der Waals surface area (Å²) in [5.74, 6) is -0.0753. The van der Waals surface area contributed by atoms with Gasteiger partial charge in [0.05, 0.1) is 6.54 Å². The van der Waals surface area contributed by atoms with Gasteiger partial charge in [-0.1, -0.05) is 11.6 Å². The third-order valence-electron chi connectivity index (χ3n) is 2.63. The fraction of sp³-hybridized carbons (Fsp3) is 0.429. The summed E-state index contributed by atoms with van der Waals surface area (Å²) in [6.07, 6.45) is 0.772. The smallest absolute Gasteiger partial charge is 0.239 e. The number of aldehydes is 1. The van der Waals surface area contributed by atoms with E-state index in [1.807, 2.05) is 25.7 Å². The molecular formula is C14H19ClN2O2. The highest BCUT2D eigenvalue weighted by Gasteiger charge is 2.14. The molecule has 0 fully saturated rings. The van der Waals surface area contributed by atoms with Gasteiger partial charge < -0.3 is 10.2 Å². The van der Waals surface area contributed by atoms with E-state index in [2.05, 4.69) is 5.32 Å². The van der Waals surface area contributed by atoms with Gasteiger partial charge in [-0.15, -0.1) is 0 Å². The summed E-state index contributed by atoms with van der Waals surface area (Å²) in [5.41, 5.74) is 1.22. The van der Waals surface area contributed by atoms with Crippen LogP contribution in [-0.2, 0) is 4.79 Å². The molecule has 0 unspecified atom stereocenters. The summed E-state index contributed by atoms with van der Waals surface area (Å²) in [4.78, 5) is 24.7. The minimum absolute atomic E-state index is 0.0753. The van der Waals surface area contributed by atoms with Crippen LogP contribution in [0.15, 0.2) is 18.2 Å². The van der Waals surface area contributed by atoms with Gasteiger partial charge >= 0.3 is 0 Å². The molecular weight excluding hydrogens is 264 g/mol. The number of amides is 1. The molecule has 0 bridgehead atoms. The van der Waals surface area contributed by atoms with Crippen LogP contribution in [0.1, 0.15) is 31.1 Å². The number of likely N-dealkylation sites (N-methyl/N-ethyl adjacent to an activating group) is 1. The number of hydrogen-bond acceptors (Lipinski definition) is 3. The Bertz CT molecular complexity index is 461. The van der Waals surface area contributed by atoms with E-state index in [0.29, 0.717) is 22.8 Å². The monoisotopic (exact) mass is 282 g/mol. The molecule has 0 aliphatic carbocycles. The van der Waals surface area contributed by atoms with Crippen molar-refractivity contribution >= 4 is 29.5 Å². The Morgan fingerprint density at radius 3 is 2.68 bits per heavy atom. The van der Waals surface area contributed by atoms with Gasteiger partial charge in [-0.25, -0.2) is 0 Å². The molecule has 0 aliphatic heterocycles. The SMILES string of the molecule is CCN(CC(=O)NC(C)C)c1cc(Cl)ccc1C=O. The second-order valence-corrected chi connectivity index (χ2v) is 4.99. The summed E-state index contributed by atoms with van der Waals surface area (Å²) in [5, 5.41) is 3.37. The molecule has 5 heteroatoms. The van der Waals surface area contributed by atoms with Gasteiger partial charge in [0, 0.05) is 28.9 Å². The van der Waals surface area contributed by atoms with Crippen LogP contribution in [0.2, 0.25) is 5.02 Å². The lowest BCUT2D eigenvalue weighted by atomic mass is 10.1. The zero-order chi connectivity index (χ0) is 14.4. The Morgan fingerprint density at radius 2 is 2.16 bits per heavy atom. The number of rotatable bonds is 6. The third-order valence-corrected chi connectivity index (χ3v) is 2.86.